The Balaban J connectivity index is 1.70. The van der Waals surface area contributed by atoms with Crippen LogP contribution in [0.4, 0.5) is 5.13 Å². The summed E-state index contributed by atoms with van der Waals surface area (Å²) < 4.78 is 0.917. The Bertz CT molecular complexity index is 1450. The highest BCUT2D eigenvalue weighted by Crippen LogP contribution is 2.44. The predicted molar refractivity (Wildman–Crippen MR) is 134 cm³/mol. The molecule has 8 heteroatoms. The van der Waals surface area contributed by atoms with Crippen molar-refractivity contribution in [2.24, 2.45) is 0 Å². The van der Waals surface area contributed by atoms with Crippen molar-refractivity contribution in [3.05, 3.63) is 94.3 Å². The number of hydrogen-bond acceptors (Lipinski definition) is 6. The molecule has 1 aliphatic rings. The molecule has 2 aromatic heterocycles. The van der Waals surface area contributed by atoms with Crippen LogP contribution in [0.2, 0.25) is 5.02 Å². The van der Waals surface area contributed by atoms with Crippen LogP contribution in [0.3, 0.4) is 0 Å². The molecule has 1 N–H and O–H groups in total. The SMILES string of the molecule is CC(C)c1ccc2nc(N3C(=O)C(=O)/C(=C(/O)c4ccc(Cl)cc4)C3c3ccccn3)sc2c1. The zero-order valence-corrected chi connectivity index (χ0v) is 20.0. The monoisotopic (exact) mass is 489 g/mol. The van der Waals surface area contributed by atoms with Crippen molar-refractivity contribution < 1.29 is 14.7 Å². The first-order valence-corrected chi connectivity index (χ1v) is 11.9. The van der Waals surface area contributed by atoms with Crippen molar-refractivity contribution in [2.45, 2.75) is 25.8 Å². The molecule has 4 aromatic rings. The molecule has 3 heterocycles. The van der Waals surface area contributed by atoms with E-state index in [-0.39, 0.29) is 11.3 Å². The fourth-order valence-electron chi connectivity index (χ4n) is 4.00. The van der Waals surface area contributed by atoms with Crippen molar-refractivity contribution in [1.29, 1.82) is 0 Å². The number of aliphatic hydroxyl groups excluding tert-OH is 1. The van der Waals surface area contributed by atoms with Crippen molar-refractivity contribution >= 4 is 55.7 Å². The third-order valence-electron chi connectivity index (χ3n) is 5.80. The molecule has 0 bridgehead atoms. The smallest absolute Gasteiger partial charge is 0.301 e. The lowest BCUT2D eigenvalue weighted by atomic mass is 9.98. The lowest BCUT2D eigenvalue weighted by molar-refractivity contribution is -0.132. The van der Waals surface area contributed by atoms with Crippen molar-refractivity contribution in [2.75, 3.05) is 4.90 Å². The number of thiazole rings is 1. The molecule has 0 aliphatic carbocycles. The normalized spacial score (nSPS) is 17.8. The third kappa shape index (κ3) is 3.77. The van der Waals surface area contributed by atoms with Gasteiger partial charge in [0.2, 0.25) is 0 Å². The highest BCUT2D eigenvalue weighted by Gasteiger charge is 2.48. The van der Waals surface area contributed by atoms with Gasteiger partial charge in [0.05, 0.1) is 21.5 Å². The summed E-state index contributed by atoms with van der Waals surface area (Å²) >= 11 is 7.32. The van der Waals surface area contributed by atoms with Gasteiger partial charge >= 0.3 is 5.91 Å². The van der Waals surface area contributed by atoms with Gasteiger partial charge in [-0.25, -0.2) is 4.98 Å². The maximum atomic E-state index is 13.3. The van der Waals surface area contributed by atoms with Gasteiger partial charge in [-0.1, -0.05) is 48.9 Å². The molecule has 34 heavy (non-hydrogen) atoms. The van der Waals surface area contributed by atoms with Crippen LogP contribution in [-0.2, 0) is 9.59 Å². The van der Waals surface area contributed by atoms with E-state index >= 15 is 0 Å². The molecule has 6 nitrogen and oxygen atoms in total. The summed E-state index contributed by atoms with van der Waals surface area (Å²) in [4.78, 5) is 36.9. The Morgan fingerprint density at radius 3 is 2.53 bits per heavy atom. The molecule has 1 aliphatic heterocycles. The number of ketones is 1. The van der Waals surface area contributed by atoms with Crippen molar-refractivity contribution in [3.8, 4) is 0 Å². The van der Waals surface area contributed by atoms with E-state index in [2.05, 4.69) is 29.9 Å². The van der Waals surface area contributed by atoms with E-state index < -0.39 is 17.7 Å². The predicted octanol–water partition coefficient (Wildman–Crippen LogP) is 6.09. The maximum Gasteiger partial charge on any atom is 0.301 e. The molecule has 5 rings (SSSR count). The number of anilines is 1. The Kier molecular flexibility index (Phi) is 5.67. The number of halogens is 1. The average Bonchev–Trinajstić information content (AvgIpc) is 3.37. The number of aliphatic hydroxyl groups is 1. The molecular weight excluding hydrogens is 470 g/mol. The summed E-state index contributed by atoms with van der Waals surface area (Å²) in [5.41, 5.74) is 2.71. The second kappa shape index (κ2) is 8.66. The number of fused-ring (bicyclic) bond motifs is 1. The number of pyridine rings is 1. The molecule has 170 valence electrons. The maximum absolute atomic E-state index is 13.3. The Morgan fingerprint density at radius 2 is 1.85 bits per heavy atom. The second-order valence-corrected chi connectivity index (χ2v) is 9.75. The van der Waals surface area contributed by atoms with E-state index in [1.165, 1.54) is 16.2 Å². The first kappa shape index (κ1) is 22.3. The lowest BCUT2D eigenvalue weighted by Crippen LogP contribution is -2.29. The van der Waals surface area contributed by atoms with Crippen LogP contribution in [0.1, 0.15) is 42.6 Å². The van der Waals surface area contributed by atoms with Crippen LogP contribution in [0, 0.1) is 0 Å². The van der Waals surface area contributed by atoms with Crippen molar-refractivity contribution in [1.82, 2.24) is 9.97 Å². The Hall–Kier alpha value is -3.55. The number of nitrogens with zero attached hydrogens (tertiary/aromatic N) is 3. The van der Waals surface area contributed by atoms with Crippen LogP contribution < -0.4 is 4.90 Å². The van der Waals surface area contributed by atoms with Crippen molar-refractivity contribution in [3.63, 3.8) is 0 Å². The van der Waals surface area contributed by atoms with Gasteiger partial charge in [0, 0.05) is 16.8 Å². The lowest BCUT2D eigenvalue weighted by Gasteiger charge is -2.21. The fourth-order valence-corrected chi connectivity index (χ4v) is 5.17. The molecule has 1 unspecified atom stereocenters. The second-order valence-electron chi connectivity index (χ2n) is 8.31. The number of aromatic nitrogens is 2. The number of benzene rings is 2. The first-order chi connectivity index (χ1) is 16.3. The highest BCUT2D eigenvalue weighted by molar-refractivity contribution is 7.22. The number of rotatable bonds is 4. The van der Waals surface area contributed by atoms with Gasteiger partial charge in [-0.05, 0) is 60.0 Å². The minimum Gasteiger partial charge on any atom is -0.507 e. The largest absolute Gasteiger partial charge is 0.507 e. The fraction of sp³-hybridized carbons (Fsp3) is 0.154. The van der Waals surface area contributed by atoms with E-state index in [0.29, 0.717) is 27.3 Å². The topological polar surface area (TPSA) is 83.4 Å². The number of amides is 1. The summed E-state index contributed by atoms with van der Waals surface area (Å²) in [6.07, 6.45) is 1.59. The molecule has 1 atom stereocenters. The van der Waals surface area contributed by atoms with Gasteiger partial charge in [0.1, 0.15) is 11.8 Å². The summed E-state index contributed by atoms with van der Waals surface area (Å²) in [6.45, 7) is 4.22. The molecular formula is C26H20ClN3O3S. The van der Waals surface area contributed by atoms with Gasteiger partial charge in [0.25, 0.3) is 5.78 Å². The Labute approximate surface area is 205 Å². The number of Topliss-reactive ketones (excluding diaryl/α,β-unsaturated/α-hetero) is 1. The minimum atomic E-state index is -0.915. The molecule has 2 aromatic carbocycles. The zero-order chi connectivity index (χ0) is 24.0. The van der Waals surface area contributed by atoms with E-state index in [0.717, 1.165) is 15.8 Å². The van der Waals surface area contributed by atoms with Crippen LogP contribution in [0.15, 0.2) is 72.4 Å². The third-order valence-corrected chi connectivity index (χ3v) is 7.07. The summed E-state index contributed by atoms with van der Waals surface area (Å²) in [5.74, 6) is -1.48. The molecule has 0 radical (unpaired) electrons. The van der Waals surface area contributed by atoms with Gasteiger partial charge in [-0.3, -0.25) is 19.5 Å². The molecule has 1 saturated heterocycles. The average molecular weight is 490 g/mol. The van der Waals surface area contributed by atoms with Gasteiger partial charge in [0.15, 0.2) is 5.13 Å². The molecule has 0 saturated carbocycles. The summed E-state index contributed by atoms with van der Waals surface area (Å²) in [6, 6.07) is 16.8. The Morgan fingerprint density at radius 1 is 1.09 bits per heavy atom. The molecule has 1 amide bonds. The highest BCUT2D eigenvalue weighted by atomic mass is 35.5. The van der Waals surface area contributed by atoms with E-state index in [1.807, 2.05) is 12.1 Å². The quantitative estimate of drug-likeness (QED) is 0.213. The van der Waals surface area contributed by atoms with Crippen LogP contribution >= 0.6 is 22.9 Å². The summed E-state index contributed by atoms with van der Waals surface area (Å²) in [7, 11) is 0. The van der Waals surface area contributed by atoms with E-state index in [1.54, 1.807) is 48.7 Å². The van der Waals surface area contributed by atoms with Crippen LogP contribution in [0.5, 0.6) is 0 Å². The minimum absolute atomic E-state index is 0.0341. The van der Waals surface area contributed by atoms with E-state index in [4.69, 9.17) is 11.6 Å². The molecule has 0 spiro atoms. The van der Waals surface area contributed by atoms with E-state index in [9.17, 15) is 14.7 Å². The van der Waals surface area contributed by atoms with Gasteiger partial charge in [-0.15, -0.1) is 0 Å². The van der Waals surface area contributed by atoms with Crippen LogP contribution in [-0.4, -0.2) is 26.8 Å². The number of hydrogen-bond donors (Lipinski definition) is 1. The van der Waals surface area contributed by atoms with Gasteiger partial charge < -0.3 is 5.11 Å². The number of carbonyl (C=O) groups excluding carboxylic acids is 2. The number of carbonyl (C=O) groups is 2. The van der Waals surface area contributed by atoms with Gasteiger partial charge in [-0.2, -0.15) is 0 Å². The zero-order valence-electron chi connectivity index (χ0n) is 18.4. The standard InChI is InChI=1S/C26H20ClN3O3S/c1-14(2)16-8-11-18-20(13-16)34-26(29-18)30-22(19-5-3-4-12-28-19)21(24(32)25(30)33)23(31)15-6-9-17(27)10-7-15/h3-14,22,31H,1-2H3/b23-21+. The summed E-state index contributed by atoms with van der Waals surface area (Å²) in [5, 5.41) is 12.0. The first-order valence-electron chi connectivity index (χ1n) is 10.7. The van der Waals surface area contributed by atoms with Crippen LogP contribution in [0.25, 0.3) is 16.0 Å². The molecule has 1 fully saturated rings.